The van der Waals surface area contributed by atoms with Crippen LogP contribution in [0.15, 0.2) is 67.0 Å². The van der Waals surface area contributed by atoms with E-state index < -0.39 is 0 Å². The van der Waals surface area contributed by atoms with Crippen molar-refractivity contribution in [2.45, 2.75) is 32.0 Å². The Balaban J connectivity index is 1.64. The standard InChI is InChI=1S/C22H21N5S2/c1-14(2)27-20(19(25-21(27)28)16-9-5-6-12-23-16)17-10-7-13-26(17)22-24-15-8-3-4-11-18(15)29-22/h3-14,19-20H,1-2H3,(H,25,28)/t19-,20+/m1/s1. The summed E-state index contributed by atoms with van der Waals surface area (Å²) in [6, 6.07) is 18.8. The van der Waals surface area contributed by atoms with Gasteiger partial charge in [-0.2, -0.15) is 0 Å². The van der Waals surface area contributed by atoms with Gasteiger partial charge in [-0.05, 0) is 62.5 Å². The highest BCUT2D eigenvalue weighted by Crippen LogP contribution is 2.41. The minimum atomic E-state index is -0.0193. The molecule has 0 saturated carbocycles. The molecule has 7 heteroatoms. The molecule has 0 radical (unpaired) electrons. The van der Waals surface area contributed by atoms with E-state index in [1.807, 2.05) is 24.4 Å². The van der Waals surface area contributed by atoms with Gasteiger partial charge in [0.15, 0.2) is 10.2 Å². The Hall–Kier alpha value is -2.77. The number of rotatable bonds is 4. The van der Waals surface area contributed by atoms with Crippen LogP contribution in [0.1, 0.15) is 37.3 Å². The van der Waals surface area contributed by atoms with Gasteiger partial charge >= 0.3 is 0 Å². The maximum atomic E-state index is 5.72. The first-order valence-corrected chi connectivity index (χ1v) is 10.9. The quantitative estimate of drug-likeness (QED) is 0.479. The number of nitrogens with zero attached hydrogens (tertiary/aromatic N) is 4. The fourth-order valence-corrected chi connectivity index (χ4v) is 5.43. The van der Waals surface area contributed by atoms with E-state index in [4.69, 9.17) is 17.2 Å². The summed E-state index contributed by atoms with van der Waals surface area (Å²) >= 11 is 7.42. The summed E-state index contributed by atoms with van der Waals surface area (Å²) in [7, 11) is 0. The van der Waals surface area contributed by atoms with Crippen molar-refractivity contribution >= 4 is 38.9 Å². The zero-order chi connectivity index (χ0) is 20.0. The molecule has 146 valence electrons. The van der Waals surface area contributed by atoms with Crippen molar-refractivity contribution in [1.29, 1.82) is 0 Å². The second kappa shape index (κ2) is 7.24. The molecule has 0 spiro atoms. The molecule has 0 amide bonds. The van der Waals surface area contributed by atoms with Crippen LogP contribution in [0.3, 0.4) is 0 Å². The predicted octanol–water partition coefficient (Wildman–Crippen LogP) is 4.86. The molecule has 29 heavy (non-hydrogen) atoms. The van der Waals surface area contributed by atoms with E-state index in [0.717, 1.165) is 27.1 Å². The minimum absolute atomic E-state index is 0.0193. The van der Waals surface area contributed by atoms with Crippen molar-refractivity contribution in [1.82, 2.24) is 24.8 Å². The van der Waals surface area contributed by atoms with Crippen LogP contribution in [0.4, 0.5) is 0 Å². The van der Waals surface area contributed by atoms with E-state index >= 15 is 0 Å². The molecule has 5 nitrogen and oxygen atoms in total. The third-order valence-corrected chi connectivity index (χ3v) is 6.63. The number of hydrogen-bond acceptors (Lipinski definition) is 4. The van der Waals surface area contributed by atoms with Gasteiger partial charge in [0.25, 0.3) is 0 Å². The summed E-state index contributed by atoms with van der Waals surface area (Å²) < 4.78 is 3.38. The number of aromatic nitrogens is 3. The molecule has 1 aliphatic heterocycles. The van der Waals surface area contributed by atoms with Crippen LogP contribution in [-0.4, -0.2) is 30.6 Å². The molecule has 3 aromatic heterocycles. The van der Waals surface area contributed by atoms with E-state index in [1.54, 1.807) is 11.3 Å². The van der Waals surface area contributed by atoms with E-state index in [9.17, 15) is 0 Å². The van der Waals surface area contributed by atoms with Crippen LogP contribution in [0.2, 0.25) is 0 Å². The first-order valence-electron chi connectivity index (χ1n) is 9.66. The molecular weight excluding hydrogens is 398 g/mol. The highest BCUT2D eigenvalue weighted by atomic mass is 32.1. The Morgan fingerprint density at radius 1 is 1.07 bits per heavy atom. The Morgan fingerprint density at radius 3 is 2.66 bits per heavy atom. The number of thiocarbonyl (C=S) groups is 1. The van der Waals surface area contributed by atoms with Crippen LogP contribution in [0.25, 0.3) is 15.3 Å². The molecule has 4 heterocycles. The zero-order valence-corrected chi connectivity index (χ0v) is 17.8. The third kappa shape index (κ3) is 3.10. The Morgan fingerprint density at radius 2 is 1.90 bits per heavy atom. The van der Waals surface area contributed by atoms with E-state index in [0.29, 0.717) is 0 Å². The van der Waals surface area contributed by atoms with Gasteiger partial charge in [-0.25, -0.2) is 4.98 Å². The van der Waals surface area contributed by atoms with Crippen molar-refractivity contribution in [3.63, 3.8) is 0 Å². The van der Waals surface area contributed by atoms with Crippen LogP contribution >= 0.6 is 23.6 Å². The van der Waals surface area contributed by atoms with Crippen molar-refractivity contribution in [3.8, 4) is 5.13 Å². The molecule has 0 aliphatic carbocycles. The topological polar surface area (TPSA) is 46.0 Å². The van der Waals surface area contributed by atoms with Crippen LogP contribution < -0.4 is 5.32 Å². The average molecular weight is 420 g/mol. The maximum Gasteiger partial charge on any atom is 0.194 e. The smallest absolute Gasteiger partial charge is 0.194 e. The van der Waals surface area contributed by atoms with Gasteiger partial charge in [-0.3, -0.25) is 9.55 Å². The minimum Gasteiger partial charge on any atom is -0.352 e. The first-order chi connectivity index (χ1) is 14.1. The van der Waals surface area contributed by atoms with Gasteiger partial charge in [0.05, 0.1) is 33.7 Å². The van der Waals surface area contributed by atoms with E-state index in [2.05, 4.69) is 76.2 Å². The number of thiazole rings is 1. The fourth-order valence-electron chi connectivity index (χ4n) is 4.01. The molecule has 1 aliphatic rings. The predicted molar refractivity (Wildman–Crippen MR) is 121 cm³/mol. The summed E-state index contributed by atoms with van der Waals surface area (Å²) in [4.78, 5) is 11.8. The molecule has 1 saturated heterocycles. The van der Waals surface area contributed by atoms with Crippen LogP contribution in [-0.2, 0) is 0 Å². The largest absolute Gasteiger partial charge is 0.352 e. The van der Waals surface area contributed by atoms with Crippen molar-refractivity contribution in [2.24, 2.45) is 0 Å². The fraction of sp³-hybridized carbons (Fsp3) is 0.227. The molecule has 5 rings (SSSR count). The van der Waals surface area contributed by atoms with Crippen molar-refractivity contribution in [2.75, 3.05) is 0 Å². The molecule has 1 fully saturated rings. The molecule has 0 unspecified atom stereocenters. The summed E-state index contributed by atoms with van der Waals surface area (Å²) in [5, 5.41) is 5.24. The number of nitrogens with one attached hydrogen (secondary N) is 1. The van der Waals surface area contributed by atoms with Crippen LogP contribution in [0.5, 0.6) is 0 Å². The lowest BCUT2D eigenvalue weighted by Crippen LogP contribution is -2.36. The molecule has 1 aromatic carbocycles. The first kappa shape index (κ1) is 18.3. The lowest BCUT2D eigenvalue weighted by atomic mass is 10.0. The highest BCUT2D eigenvalue weighted by molar-refractivity contribution is 7.80. The second-order valence-electron chi connectivity index (χ2n) is 7.39. The van der Waals surface area contributed by atoms with Gasteiger partial charge in [-0.15, -0.1) is 0 Å². The Bertz CT molecular complexity index is 1130. The molecular formula is C22H21N5S2. The van der Waals surface area contributed by atoms with Gasteiger partial charge in [0.1, 0.15) is 0 Å². The number of benzene rings is 1. The third-order valence-electron chi connectivity index (χ3n) is 5.26. The maximum absolute atomic E-state index is 5.72. The second-order valence-corrected chi connectivity index (χ2v) is 8.79. The lowest BCUT2D eigenvalue weighted by molar-refractivity contribution is 0.262. The number of hydrogen-bond donors (Lipinski definition) is 1. The van der Waals surface area contributed by atoms with Gasteiger partial charge < -0.3 is 10.2 Å². The SMILES string of the molecule is CC(C)N1C(=S)N[C@H](c2ccccn2)[C@@H]1c1cccn1-c1nc2ccccc2s1. The summed E-state index contributed by atoms with van der Waals surface area (Å²) in [5.74, 6) is 0. The van der Waals surface area contributed by atoms with Crippen molar-refractivity contribution in [3.05, 3.63) is 78.4 Å². The van der Waals surface area contributed by atoms with E-state index in [1.165, 1.54) is 4.70 Å². The number of pyridine rings is 1. The lowest BCUT2D eigenvalue weighted by Gasteiger charge is -2.31. The van der Waals surface area contributed by atoms with Crippen molar-refractivity contribution < 1.29 is 0 Å². The molecule has 2 atom stereocenters. The monoisotopic (exact) mass is 419 g/mol. The van der Waals surface area contributed by atoms with E-state index in [-0.39, 0.29) is 18.1 Å². The summed E-state index contributed by atoms with van der Waals surface area (Å²) in [5.41, 5.74) is 3.16. The molecule has 4 aromatic rings. The van der Waals surface area contributed by atoms with Crippen LogP contribution in [0, 0.1) is 0 Å². The zero-order valence-electron chi connectivity index (χ0n) is 16.2. The number of fused-ring (bicyclic) bond motifs is 1. The normalized spacial score (nSPS) is 19.3. The summed E-state index contributed by atoms with van der Waals surface area (Å²) in [6.07, 6.45) is 3.92. The van der Waals surface area contributed by atoms with Gasteiger partial charge in [0, 0.05) is 18.4 Å². The highest BCUT2D eigenvalue weighted by Gasteiger charge is 2.42. The molecule has 1 N–H and O–H groups in total. The average Bonchev–Trinajstić information content (AvgIpc) is 3.44. The summed E-state index contributed by atoms with van der Waals surface area (Å²) in [6.45, 7) is 4.35. The van der Waals surface area contributed by atoms with Gasteiger partial charge in [-0.1, -0.05) is 29.5 Å². The molecule has 0 bridgehead atoms. The Kier molecular flexibility index (Phi) is 4.56. The van der Waals surface area contributed by atoms with Gasteiger partial charge in [0.2, 0.25) is 0 Å². The number of para-hydroxylation sites is 1. The Labute approximate surface area is 179 Å².